The van der Waals surface area contributed by atoms with E-state index in [9.17, 15) is 18.8 Å². The largest absolute Gasteiger partial charge is 0.478 e. The third kappa shape index (κ3) is 3.91. The lowest BCUT2D eigenvalue weighted by Gasteiger charge is -2.08. The summed E-state index contributed by atoms with van der Waals surface area (Å²) in [6.07, 6.45) is 0. The standard InChI is InChI=1S/C16H12FNO5/c17-11-5-6-12(16(22)23)13(7-11)14(19)18-8-9-1-3-10(4-2-9)15(20)21/h1-7H,8H2,(H,18,19)(H,20,21)(H,22,23). The number of rotatable bonds is 5. The Balaban J connectivity index is 2.12. The second kappa shape index (κ2) is 6.69. The maximum Gasteiger partial charge on any atom is 0.336 e. The molecule has 2 aromatic carbocycles. The molecule has 0 aromatic heterocycles. The van der Waals surface area contributed by atoms with E-state index < -0.39 is 23.7 Å². The quantitative estimate of drug-likeness (QED) is 0.784. The van der Waals surface area contributed by atoms with E-state index in [2.05, 4.69) is 5.32 Å². The number of halogens is 1. The van der Waals surface area contributed by atoms with Gasteiger partial charge in [-0.15, -0.1) is 0 Å². The summed E-state index contributed by atoms with van der Waals surface area (Å²) in [5.74, 6) is -3.84. The lowest BCUT2D eigenvalue weighted by Crippen LogP contribution is -2.25. The minimum Gasteiger partial charge on any atom is -0.478 e. The van der Waals surface area contributed by atoms with Crippen LogP contribution in [0, 0.1) is 5.82 Å². The molecule has 1 amide bonds. The lowest BCUT2D eigenvalue weighted by atomic mass is 10.1. The van der Waals surface area contributed by atoms with Crippen LogP contribution in [0.25, 0.3) is 0 Å². The summed E-state index contributed by atoms with van der Waals surface area (Å²) < 4.78 is 13.2. The number of hydrogen-bond acceptors (Lipinski definition) is 3. The van der Waals surface area contributed by atoms with Gasteiger partial charge in [0.2, 0.25) is 0 Å². The summed E-state index contributed by atoms with van der Waals surface area (Å²) in [6.45, 7) is 0.0499. The topological polar surface area (TPSA) is 104 Å². The predicted octanol–water partition coefficient (Wildman–Crippen LogP) is 2.15. The molecular formula is C16H12FNO5. The van der Waals surface area contributed by atoms with E-state index >= 15 is 0 Å². The number of aromatic carboxylic acids is 2. The summed E-state index contributed by atoms with van der Waals surface area (Å²) in [7, 11) is 0. The van der Waals surface area contributed by atoms with Gasteiger partial charge in [0.1, 0.15) is 5.82 Å². The number of carboxylic acid groups (broad SMARTS) is 2. The predicted molar refractivity (Wildman–Crippen MR) is 77.9 cm³/mol. The zero-order valence-corrected chi connectivity index (χ0v) is 11.7. The Morgan fingerprint density at radius 2 is 1.57 bits per heavy atom. The van der Waals surface area contributed by atoms with Crippen LogP contribution in [0.3, 0.4) is 0 Å². The number of benzene rings is 2. The van der Waals surface area contributed by atoms with Gasteiger partial charge in [0, 0.05) is 6.54 Å². The Bertz CT molecular complexity index is 771. The molecule has 23 heavy (non-hydrogen) atoms. The van der Waals surface area contributed by atoms with Crippen LogP contribution in [-0.2, 0) is 6.54 Å². The van der Waals surface area contributed by atoms with Crippen LogP contribution in [0.15, 0.2) is 42.5 Å². The summed E-state index contributed by atoms with van der Waals surface area (Å²) >= 11 is 0. The van der Waals surface area contributed by atoms with Crippen molar-refractivity contribution in [3.05, 3.63) is 70.5 Å². The molecule has 0 fully saturated rings. The normalized spacial score (nSPS) is 10.1. The highest BCUT2D eigenvalue weighted by Crippen LogP contribution is 2.12. The van der Waals surface area contributed by atoms with E-state index in [0.29, 0.717) is 5.56 Å². The first kappa shape index (κ1) is 16.2. The molecule has 0 saturated carbocycles. The van der Waals surface area contributed by atoms with Gasteiger partial charge in [0.25, 0.3) is 5.91 Å². The summed E-state index contributed by atoms with van der Waals surface area (Å²) in [5.41, 5.74) is 0.153. The number of amides is 1. The van der Waals surface area contributed by atoms with Crippen molar-refractivity contribution in [1.29, 1.82) is 0 Å². The molecule has 0 aliphatic heterocycles. The second-order valence-corrected chi connectivity index (χ2v) is 4.68. The Morgan fingerprint density at radius 3 is 2.13 bits per heavy atom. The molecule has 0 heterocycles. The smallest absolute Gasteiger partial charge is 0.336 e. The van der Waals surface area contributed by atoms with Crippen molar-refractivity contribution in [3.63, 3.8) is 0 Å². The number of hydrogen-bond donors (Lipinski definition) is 3. The first-order chi connectivity index (χ1) is 10.9. The van der Waals surface area contributed by atoms with Gasteiger partial charge in [-0.1, -0.05) is 12.1 Å². The molecule has 2 rings (SSSR count). The molecule has 0 unspecified atom stereocenters. The van der Waals surface area contributed by atoms with E-state index in [-0.39, 0.29) is 23.2 Å². The van der Waals surface area contributed by atoms with Gasteiger partial charge in [-0.2, -0.15) is 0 Å². The molecule has 0 aliphatic rings. The van der Waals surface area contributed by atoms with Gasteiger partial charge in [0.05, 0.1) is 16.7 Å². The summed E-state index contributed by atoms with van der Waals surface area (Å²) in [6, 6.07) is 8.65. The number of carbonyl (C=O) groups excluding carboxylic acids is 1. The van der Waals surface area contributed by atoms with Crippen LogP contribution in [0.4, 0.5) is 4.39 Å². The third-order valence-corrected chi connectivity index (χ3v) is 3.11. The van der Waals surface area contributed by atoms with Crippen molar-refractivity contribution in [2.75, 3.05) is 0 Å². The van der Waals surface area contributed by atoms with E-state index in [4.69, 9.17) is 10.2 Å². The highest BCUT2D eigenvalue weighted by Gasteiger charge is 2.17. The summed E-state index contributed by atoms with van der Waals surface area (Å²) in [5, 5.41) is 20.3. The van der Waals surface area contributed by atoms with Crippen molar-refractivity contribution < 1.29 is 29.0 Å². The highest BCUT2D eigenvalue weighted by atomic mass is 19.1. The first-order valence-electron chi connectivity index (χ1n) is 6.52. The summed E-state index contributed by atoms with van der Waals surface area (Å²) in [4.78, 5) is 33.8. The van der Waals surface area contributed by atoms with Crippen LogP contribution in [-0.4, -0.2) is 28.1 Å². The SMILES string of the molecule is O=C(O)c1ccc(CNC(=O)c2cc(F)ccc2C(=O)O)cc1. The van der Waals surface area contributed by atoms with Gasteiger partial charge in [-0.05, 0) is 35.9 Å². The van der Waals surface area contributed by atoms with Gasteiger partial charge < -0.3 is 15.5 Å². The Kier molecular flexibility index (Phi) is 4.70. The van der Waals surface area contributed by atoms with Crippen molar-refractivity contribution in [2.45, 2.75) is 6.54 Å². The molecule has 0 bridgehead atoms. The Morgan fingerprint density at radius 1 is 0.913 bits per heavy atom. The highest BCUT2D eigenvalue weighted by molar-refractivity contribution is 6.04. The van der Waals surface area contributed by atoms with Crippen molar-refractivity contribution in [3.8, 4) is 0 Å². The van der Waals surface area contributed by atoms with E-state index in [1.807, 2.05) is 0 Å². The molecular weight excluding hydrogens is 305 g/mol. The molecule has 7 heteroatoms. The lowest BCUT2D eigenvalue weighted by molar-refractivity contribution is 0.0684. The van der Waals surface area contributed by atoms with Crippen LogP contribution in [0.2, 0.25) is 0 Å². The second-order valence-electron chi connectivity index (χ2n) is 4.68. The molecule has 0 aliphatic carbocycles. The zero-order chi connectivity index (χ0) is 17.0. The maximum atomic E-state index is 13.2. The molecule has 118 valence electrons. The van der Waals surface area contributed by atoms with Crippen LogP contribution in [0.1, 0.15) is 36.6 Å². The molecule has 0 radical (unpaired) electrons. The monoisotopic (exact) mass is 317 g/mol. The minimum absolute atomic E-state index is 0.0499. The van der Waals surface area contributed by atoms with Crippen molar-refractivity contribution in [1.82, 2.24) is 5.32 Å². The number of nitrogens with one attached hydrogen (secondary N) is 1. The van der Waals surface area contributed by atoms with Gasteiger partial charge >= 0.3 is 11.9 Å². The molecule has 6 nitrogen and oxygen atoms in total. The van der Waals surface area contributed by atoms with Crippen molar-refractivity contribution >= 4 is 17.8 Å². The zero-order valence-electron chi connectivity index (χ0n) is 11.7. The Labute approximate surface area is 130 Å². The minimum atomic E-state index is -1.33. The molecule has 2 aromatic rings. The maximum absolute atomic E-state index is 13.2. The fourth-order valence-electron chi connectivity index (χ4n) is 1.93. The average molecular weight is 317 g/mol. The number of carboxylic acids is 2. The van der Waals surface area contributed by atoms with Gasteiger partial charge in [-0.25, -0.2) is 14.0 Å². The molecule has 3 N–H and O–H groups in total. The average Bonchev–Trinajstić information content (AvgIpc) is 2.52. The van der Waals surface area contributed by atoms with Crippen molar-refractivity contribution in [2.24, 2.45) is 0 Å². The fraction of sp³-hybridized carbons (Fsp3) is 0.0625. The van der Waals surface area contributed by atoms with E-state index in [0.717, 1.165) is 18.2 Å². The first-order valence-corrected chi connectivity index (χ1v) is 6.52. The van der Waals surface area contributed by atoms with Crippen LogP contribution < -0.4 is 5.32 Å². The molecule has 0 atom stereocenters. The molecule has 0 saturated heterocycles. The number of carbonyl (C=O) groups is 3. The fourth-order valence-corrected chi connectivity index (χ4v) is 1.93. The van der Waals surface area contributed by atoms with Gasteiger partial charge in [0.15, 0.2) is 0 Å². The third-order valence-electron chi connectivity index (χ3n) is 3.11. The molecule has 0 spiro atoms. The van der Waals surface area contributed by atoms with Crippen LogP contribution >= 0.6 is 0 Å². The van der Waals surface area contributed by atoms with Crippen LogP contribution in [0.5, 0.6) is 0 Å². The van der Waals surface area contributed by atoms with E-state index in [1.165, 1.54) is 24.3 Å². The Hall–Kier alpha value is -3.22. The van der Waals surface area contributed by atoms with Gasteiger partial charge in [-0.3, -0.25) is 4.79 Å². The van der Waals surface area contributed by atoms with E-state index in [1.54, 1.807) is 0 Å².